The number of carbonyl (C=O) groups excluding carboxylic acids is 1. The van der Waals surface area contributed by atoms with E-state index in [2.05, 4.69) is 11.9 Å². The lowest BCUT2D eigenvalue weighted by molar-refractivity contribution is -0.135. The zero-order valence-electron chi connectivity index (χ0n) is 15.2. The highest BCUT2D eigenvalue weighted by Gasteiger charge is 2.26. The highest BCUT2D eigenvalue weighted by Crippen LogP contribution is 2.21. The molecule has 1 aromatic heterocycles. The molecule has 1 aromatic carbocycles. The van der Waals surface area contributed by atoms with Crippen LogP contribution in [0.1, 0.15) is 38.3 Å². The van der Waals surface area contributed by atoms with Crippen molar-refractivity contribution in [1.82, 2.24) is 14.5 Å². The molecule has 1 fully saturated rings. The van der Waals surface area contributed by atoms with Crippen molar-refractivity contribution < 1.29 is 9.18 Å². The highest BCUT2D eigenvalue weighted by molar-refractivity contribution is 5.77. The Bertz CT molecular complexity index is 845. The van der Waals surface area contributed by atoms with Crippen molar-refractivity contribution in [3.63, 3.8) is 0 Å². The number of nitrogens with zero attached hydrogens (tertiary/aromatic N) is 3. The largest absolute Gasteiger partial charge is 0.338 e. The van der Waals surface area contributed by atoms with Gasteiger partial charge in [-0.3, -0.25) is 14.2 Å². The van der Waals surface area contributed by atoms with Gasteiger partial charge in [0.2, 0.25) is 5.91 Å². The summed E-state index contributed by atoms with van der Waals surface area (Å²) >= 11 is 0. The average molecular weight is 357 g/mol. The number of rotatable bonds is 4. The summed E-state index contributed by atoms with van der Waals surface area (Å²) in [5.41, 5.74) is 0.920. The molecule has 26 heavy (non-hydrogen) atoms. The molecule has 0 unspecified atom stereocenters. The van der Waals surface area contributed by atoms with Gasteiger partial charge < -0.3 is 4.90 Å². The molecule has 6 heteroatoms. The number of likely N-dealkylation sites (tertiary alicyclic amines) is 1. The molecule has 1 atom stereocenters. The van der Waals surface area contributed by atoms with Crippen LogP contribution >= 0.6 is 0 Å². The molecule has 138 valence electrons. The number of piperidine rings is 1. The number of aromatic nitrogens is 2. The van der Waals surface area contributed by atoms with E-state index < -0.39 is 0 Å². The van der Waals surface area contributed by atoms with Crippen LogP contribution in [0.2, 0.25) is 0 Å². The first kappa shape index (κ1) is 18.3. The van der Waals surface area contributed by atoms with Crippen LogP contribution in [0.25, 0.3) is 11.4 Å². The third-order valence-corrected chi connectivity index (χ3v) is 4.95. The molecule has 2 heterocycles. The van der Waals surface area contributed by atoms with Crippen LogP contribution in [-0.4, -0.2) is 32.9 Å². The van der Waals surface area contributed by atoms with E-state index in [-0.39, 0.29) is 29.9 Å². The molecule has 2 aromatic rings. The molecule has 0 spiro atoms. The summed E-state index contributed by atoms with van der Waals surface area (Å²) in [6.07, 6.45) is 4.05. The number of carbonyl (C=O) groups is 1. The van der Waals surface area contributed by atoms with Gasteiger partial charge in [0, 0.05) is 29.9 Å². The topological polar surface area (TPSA) is 55.2 Å². The summed E-state index contributed by atoms with van der Waals surface area (Å²) in [7, 11) is 0. The molecule has 1 aliphatic rings. The Morgan fingerprint density at radius 1 is 1.27 bits per heavy atom. The van der Waals surface area contributed by atoms with Gasteiger partial charge in [0.1, 0.15) is 18.2 Å². The minimum absolute atomic E-state index is 0.0463. The van der Waals surface area contributed by atoms with Crippen molar-refractivity contribution >= 4 is 5.91 Å². The fourth-order valence-electron chi connectivity index (χ4n) is 3.57. The van der Waals surface area contributed by atoms with Gasteiger partial charge in [0.05, 0.1) is 0 Å². The lowest BCUT2D eigenvalue weighted by Gasteiger charge is -2.35. The Hall–Kier alpha value is -2.50. The van der Waals surface area contributed by atoms with E-state index in [1.165, 1.54) is 22.8 Å². The Kier molecular flexibility index (Phi) is 5.49. The smallest absolute Gasteiger partial charge is 0.254 e. The van der Waals surface area contributed by atoms with Gasteiger partial charge >= 0.3 is 0 Å². The van der Waals surface area contributed by atoms with Gasteiger partial charge in [-0.25, -0.2) is 9.37 Å². The maximum absolute atomic E-state index is 13.2. The molecule has 5 nitrogen and oxygen atoms in total. The zero-order valence-corrected chi connectivity index (χ0v) is 15.2. The monoisotopic (exact) mass is 357 g/mol. The second-order valence-corrected chi connectivity index (χ2v) is 6.80. The number of halogens is 1. The third-order valence-electron chi connectivity index (χ3n) is 4.95. The van der Waals surface area contributed by atoms with Gasteiger partial charge in [-0.1, -0.05) is 6.92 Å². The standard InChI is InChI=1S/C20H24FN3O2/c1-3-17-6-4-5-11-23(17)19(26)13-24-18(25)12-14(2)22-20(24)15-7-9-16(21)10-8-15/h7-10,12,17H,3-6,11,13H2,1-2H3/t17-/m0/s1. The van der Waals surface area contributed by atoms with Gasteiger partial charge in [-0.05, 0) is 56.9 Å². The molecule has 0 bridgehead atoms. The summed E-state index contributed by atoms with van der Waals surface area (Å²) < 4.78 is 14.6. The molecule has 1 aliphatic heterocycles. The maximum Gasteiger partial charge on any atom is 0.254 e. The predicted molar refractivity (Wildman–Crippen MR) is 98.3 cm³/mol. The van der Waals surface area contributed by atoms with Crippen molar-refractivity contribution in [3.8, 4) is 11.4 Å². The predicted octanol–water partition coefficient (Wildman–Crippen LogP) is 3.15. The minimum Gasteiger partial charge on any atom is -0.338 e. The van der Waals surface area contributed by atoms with Crippen molar-refractivity contribution in [3.05, 3.63) is 52.2 Å². The fourth-order valence-corrected chi connectivity index (χ4v) is 3.57. The average Bonchev–Trinajstić information content (AvgIpc) is 2.64. The minimum atomic E-state index is -0.356. The van der Waals surface area contributed by atoms with E-state index in [0.29, 0.717) is 17.1 Å². The zero-order chi connectivity index (χ0) is 18.7. The third kappa shape index (κ3) is 3.84. The molecule has 3 rings (SSSR count). The molecule has 0 saturated carbocycles. The van der Waals surface area contributed by atoms with Crippen LogP contribution in [0.3, 0.4) is 0 Å². The highest BCUT2D eigenvalue weighted by atomic mass is 19.1. The fraction of sp³-hybridized carbons (Fsp3) is 0.450. The quantitative estimate of drug-likeness (QED) is 0.845. The van der Waals surface area contributed by atoms with Gasteiger partial charge in [-0.15, -0.1) is 0 Å². The normalized spacial score (nSPS) is 17.3. The number of hydrogen-bond donors (Lipinski definition) is 0. The molecule has 1 saturated heterocycles. The van der Waals surface area contributed by atoms with Gasteiger partial charge in [0.15, 0.2) is 0 Å². The Morgan fingerprint density at radius 3 is 2.69 bits per heavy atom. The van der Waals surface area contributed by atoms with Crippen molar-refractivity contribution in [2.45, 2.75) is 52.1 Å². The van der Waals surface area contributed by atoms with E-state index in [1.54, 1.807) is 19.1 Å². The first-order valence-electron chi connectivity index (χ1n) is 9.13. The van der Waals surface area contributed by atoms with Crippen molar-refractivity contribution in [2.75, 3.05) is 6.54 Å². The van der Waals surface area contributed by atoms with Crippen LogP contribution < -0.4 is 5.56 Å². The van der Waals surface area contributed by atoms with Gasteiger partial charge in [0.25, 0.3) is 5.56 Å². The lowest BCUT2D eigenvalue weighted by Crippen LogP contribution is -2.46. The van der Waals surface area contributed by atoms with Crippen LogP contribution in [0.5, 0.6) is 0 Å². The first-order valence-corrected chi connectivity index (χ1v) is 9.13. The summed E-state index contributed by atoms with van der Waals surface area (Å²) in [6, 6.07) is 7.47. The van der Waals surface area contributed by atoms with E-state index in [0.717, 1.165) is 32.2 Å². The Labute approximate surface area is 152 Å². The van der Waals surface area contributed by atoms with Crippen LogP contribution in [0, 0.1) is 12.7 Å². The number of amides is 1. The summed E-state index contributed by atoms with van der Waals surface area (Å²) in [6.45, 7) is 4.50. The van der Waals surface area contributed by atoms with Gasteiger partial charge in [-0.2, -0.15) is 0 Å². The summed E-state index contributed by atoms with van der Waals surface area (Å²) in [5, 5.41) is 0. The second kappa shape index (κ2) is 7.81. The second-order valence-electron chi connectivity index (χ2n) is 6.80. The first-order chi connectivity index (χ1) is 12.5. The molecule has 0 aliphatic carbocycles. The number of aryl methyl sites for hydroxylation is 1. The number of hydrogen-bond acceptors (Lipinski definition) is 3. The van der Waals surface area contributed by atoms with Crippen LogP contribution in [0.4, 0.5) is 4.39 Å². The summed E-state index contributed by atoms with van der Waals surface area (Å²) in [5.74, 6) is -0.0217. The lowest BCUT2D eigenvalue weighted by atomic mass is 10.00. The molecule has 1 amide bonds. The Balaban J connectivity index is 1.95. The van der Waals surface area contributed by atoms with Crippen LogP contribution in [0.15, 0.2) is 35.1 Å². The SMILES string of the molecule is CC[C@H]1CCCCN1C(=O)Cn1c(-c2ccc(F)cc2)nc(C)cc1=O. The van der Waals surface area contributed by atoms with E-state index in [1.807, 2.05) is 4.90 Å². The molecular weight excluding hydrogens is 333 g/mol. The van der Waals surface area contributed by atoms with E-state index in [4.69, 9.17) is 0 Å². The maximum atomic E-state index is 13.2. The van der Waals surface area contributed by atoms with Crippen molar-refractivity contribution in [1.29, 1.82) is 0 Å². The molecular formula is C20H24FN3O2. The number of benzene rings is 1. The summed E-state index contributed by atoms with van der Waals surface area (Å²) in [4.78, 5) is 31.8. The molecule has 0 radical (unpaired) electrons. The van der Waals surface area contributed by atoms with Crippen molar-refractivity contribution in [2.24, 2.45) is 0 Å². The van der Waals surface area contributed by atoms with Crippen LogP contribution in [-0.2, 0) is 11.3 Å². The van der Waals surface area contributed by atoms with E-state index in [9.17, 15) is 14.0 Å². The van der Waals surface area contributed by atoms with E-state index >= 15 is 0 Å². The molecule has 0 N–H and O–H groups in total. The Morgan fingerprint density at radius 2 is 2.00 bits per heavy atom.